The number of rotatable bonds is 11. The van der Waals surface area contributed by atoms with Gasteiger partial charge < -0.3 is 23.6 Å². The highest BCUT2D eigenvalue weighted by atomic mass is 16.5. The van der Waals surface area contributed by atoms with E-state index < -0.39 is 0 Å². The number of carbonyl (C=O) groups is 1. The number of hydrogen-bond donors (Lipinski definition) is 0. The number of nitrogens with zero attached hydrogens (tertiary/aromatic N) is 3. The molecule has 0 aliphatic rings. The van der Waals surface area contributed by atoms with E-state index in [-0.39, 0.29) is 11.3 Å². The summed E-state index contributed by atoms with van der Waals surface area (Å²) >= 11 is 0. The average molecular weight is 482 g/mol. The molecule has 8 heteroatoms. The maximum atomic E-state index is 13.0. The Balaban J connectivity index is 1.73. The first-order valence-corrected chi connectivity index (χ1v) is 11.7. The molecule has 3 aromatic rings. The van der Waals surface area contributed by atoms with Gasteiger partial charge in [0.15, 0.2) is 11.5 Å². The zero-order valence-electron chi connectivity index (χ0n) is 21.5. The van der Waals surface area contributed by atoms with Crippen LogP contribution in [0.5, 0.6) is 17.2 Å². The van der Waals surface area contributed by atoms with Crippen molar-refractivity contribution < 1.29 is 23.5 Å². The van der Waals surface area contributed by atoms with E-state index in [2.05, 4.69) is 43.0 Å². The standard InChI is InChI=1S/C27H35N3O5/c1-27(2,3)18-24(31)30(14-12-19-10-8-7-9-11-19)15-13-23-28-26(29-35-23)20-16-21(32-4)25(34-6)22(17-20)33-5/h7-11,16-17H,12-15,18H2,1-6H3. The van der Waals surface area contributed by atoms with E-state index in [0.717, 1.165) is 6.42 Å². The molecule has 0 spiro atoms. The van der Waals surface area contributed by atoms with Gasteiger partial charge in [0.25, 0.3) is 0 Å². The van der Waals surface area contributed by atoms with E-state index in [4.69, 9.17) is 18.7 Å². The number of benzene rings is 2. The molecular weight excluding hydrogens is 446 g/mol. The van der Waals surface area contributed by atoms with E-state index in [1.165, 1.54) is 5.56 Å². The van der Waals surface area contributed by atoms with Crippen LogP contribution in [0.2, 0.25) is 0 Å². The molecule has 35 heavy (non-hydrogen) atoms. The lowest BCUT2D eigenvalue weighted by molar-refractivity contribution is -0.133. The van der Waals surface area contributed by atoms with Gasteiger partial charge in [-0.1, -0.05) is 56.3 Å². The second kappa shape index (κ2) is 11.7. The molecule has 1 amide bonds. The zero-order chi connectivity index (χ0) is 25.4. The Kier molecular flexibility index (Phi) is 8.73. The number of aromatic nitrogens is 2. The molecule has 0 aliphatic carbocycles. The first-order chi connectivity index (χ1) is 16.7. The first kappa shape index (κ1) is 26.1. The molecular formula is C27H35N3O5. The lowest BCUT2D eigenvalue weighted by Gasteiger charge is -2.26. The molecule has 0 bridgehead atoms. The molecule has 0 saturated carbocycles. The fourth-order valence-corrected chi connectivity index (χ4v) is 3.75. The van der Waals surface area contributed by atoms with Crippen LogP contribution < -0.4 is 14.2 Å². The summed E-state index contributed by atoms with van der Waals surface area (Å²) in [4.78, 5) is 19.5. The molecule has 188 valence electrons. The largest absolute Gasteiger partial charge is 0.493 e. The summed E-state index contributed by atoms with van der Waals surface area (Å²) in [6.07, 6.45) is 1.72. The fourth-order valence-electron chi connectivity index (χ4n) is 3.75. The summed E-state index contributed by atoms with van der Waals surface area (Å²) < 4.78 is 21.7. The second-order valence-corrected chi connectivity index (χ2v) is 9.53. The highest BCUT2D eigenvalue weighted by molar-refractivity contribution is 5.76. The van der Waals surface area contributed by atoms with Crippen LogP contribution in [0.15, 0.2) is 47.0 Å². The summed E-state index contributed by atoms with van der Waals surface area (Å²) in [5.74, 6) is 2.51. The van der Waals surface area contributed by atoms with Crippen LogP contribution >= 0.6 is 0 Å². The van der Waals surface area contributed by atoms with Crippen LogP contribution in [0.1, 0.15) is 38.6 Å². The quantitative estimate of drug-likeness (QED) is 0.388. The molecule has 0 aliphatic heterocycles. The van der Waals surface area contributed by atoms with Crippen LogP contribution in [0.3, 0.4) is 0 Å². The Morgan fingerprint density at radius 3 is 2.14 bits per heavy atom. The van der Waals surface area contributed by atoms with E-state index in [1.54, 1.807) is 33.5 Å². The smallest absolute Gasteiger partial charge is 0.228 e. The van der Waals surface area contributed by atoms with Gasteiger partial charge in [0.2, 0.25) is 23.4 Å². The van der Waals surface area contributed by atoms with Crippen molar-refractivity contribution in [2.24, 2.45) is 5.41 Å². The Bertz CT molecular complexity index is 1080. The number of amides is 1. The van der Waals surface area contributed by atoms with E-state index in [9.17, 15) is 4.79 Å². The fraction of sp³-hybridized carbons (Fsp3) is 0.444. The van der Waals surface area contributed by atoms with Gasteiger partial charge in [-0.2, -0.15) is 4.98 Å². The van der Waals surface area contributed by atoms with Gasteiger partial charge in [0.05, 0.1) is 21.3 Å². The SMILES string of the molecule is COc1cc(-c2noc(CCN(CCc3ccccc3)C(=O)CC(C)(C)C)n2)cc(OC)c1OC. The van der Waals surface area contributed by atoms with Crippen molar-refractivity contribution in [3.8, 4) is 28.6 Å². The Morgan fingerprint density at radius 1 is 0.943 bits per heavy atom. The van der Waals surface area contributed by atoms with Gasteiger partial charge in [-0.3, -0.25) is 4.79 Å². The minimum atomic E-state index is -0.0911. The molecule has 1 heterocycles. The van der Waals surface area contributed by atoms with Crippen LogP contribution in [0, 0.1) is 5.41 Å². The topological polar surface area (TPSA) is 86.9 Å². The Hall–Kier alpha value is -3.55. The van der Waals surface area contributed by atoms with Crippen molar-refractivity contribution in [3.63, 3.8) is 0 Å². The van der Waals surface area contributed by atoms with Crippen LogP contribution in [-0.4, -0.2) is 55.4 Å². The second-order valence-electron chi connectivity index (χ2n) is 9.53. The lowest BCUT2D eigenvalue weighted by Crippen LogP contribution is -2.36. The molecule has 0 radical (unpaired) electrons. The number of hydrogen-bond acceptors (Lipinski definition) is 7. The molecule has 8 nitrogen and oxygen atoms in total. The molecule has 0 atom stereocenters. The van der Waals surface area contributed by atoms with E-state index >= 15 is 0 Å². The van der Waals surface area contributed by atoms with Gasteiger partial charge >= 0.3 is 0 Å². The van der Waals surface area contributed by atoms with Crippen molar-refractivity contribution in [1.29, 1.82) is 0 Å². The van der Waals surface area contributed by atoms with Gasteiger partial charge in [0, 0.05) is 31.5 Å². The summed E-state index contributed by atoms with van der Waals surface area (Å²) in [5.41, 5.74) is 1.79. The molecule has 0 saturated heterocycles. The van der Waals surface area contributed by atoms with Gasteiger partial charge in [0.1, 0.15) is 0 Å². The van der Waals surface area contributed by atoms with Gasteiger partial charge in [-0.15, -0.1) is 0 Å². The Labute approximate surface area is 207 Å². The summed E-state index contributed by atoms with van der Waals surface area (Å²) in [5, 5.41) is 4.13. The van der Waals surface area contributed by atoms with Crippen LogP contribution in [0.25, 0.3) is 11.4 Å². The minimum Gasteiger partial charge on any atom is -0.493 e. The first-order valence-electron chi connectivity index (χ1n) is 11.7. The van der Waals surface area contributed by atoms with E-state index in [0.29, 0.717) is 60.5 Å². The monoisotopic (exact) mass is 481 g/mol. The molecule has 3 rings (SSSR count). The van der Waals surface area contributed by atoms with Crippen LogP contribution in [0.4, 0.5) is 0 Å². The van der Waals surface area contributed by atoms with E-state index in [1.807, 2.05) is 23.1 Å². The van der Waals surface area contributed by atoms with Crippen molar-refractivity contribution in [2.75, 3.05) is 34.4 Å². The lowest BCUT2D eigenvalue weighted by atomic mass is 9.91. The summed E-state index contributed by atoms with van der Waals surface area (Å²) in [6.45, 7) is 7.34. The molecule has 0 N–H and O–H groups in total. The third-order valence-electron chi connectivity index (χ3n) is 5.53. The Morgan fingerprint density at radius 2 is 1.57 bits per heavy atom. The summed E-state index contributed by atoms with van der Waals surface area (Å²) in [7, 11) is 4.67. The number of ether oxygens (including phenoxy) is 3. The van der Waals surface area contributed by atoms with Crippen molar-refractivity contribution >= 4 is 5.91 Å². The molecule has 1 aromatic heterocycles. The minimum absolute atomic E-state index is 0.0911. The highest BCUT2D eigenvalue weighted by Gasteiger charge is 2.22. The predicted molar refractivity (Wildman–Crippen MR) is 134 cm³/mol. The van der Waals surface area contributed by atoms with Crippen molar-refractivity contribution in [3.05, 3.63) is 53.9 Å². The zero-order valence-corrected chi connectivity index (χ0v) is 21.5. The van der Waals surface area contributed by atoms with Gasteiger partial charge in [-0.05, 0) is 29.5 Å². The third kappa shape index (κ3) is 7.21. The molecule has 0 fully saturated rings. The third-order valence-corrected chi connectivity index (χ3v) is 5.53. The predicted octanol–water partition coefficient (Wildman–Crippen LogP) is 4.81. The highest BCUT2D eigenvalue weighted by Crippen LogP contribution is 2.40. The molecule has 0 unspecified atom stereocenters. The van der Waals surface area contributed by atoms with Gasteiger partial charge in [-0.25, -0.2) is 0 Å². The number of methoxy groups -OCH3 is 3. The average Bonchev–Trinajstić information content (AvgIpc) is 3.31. The summed E-state index contributed by atoms with van der Waals surface area (Å²) in [6, 6.07) is 13.7. The van der Waals surface area contributed by atoms with Crippen molar-refractivity contribution in [1.82, 2.24) is 15.0 Å². The van der Waals surface area contributed by atoms with Crippen LogP contribution in [-0.2, 0) is 17.6 Å². The molecule has 2 aromatic carbocycles. The maximum Gasteiger partial charge on any atom is 0.228 e. The van der Waals surface area contributed by atoms with Crippen molar-refractivity contribution in [2.45, 2.75) is 40.0 Å². The normalized spacial score (nSPS) is 11.3. The maximum absolute atomic E-state index is 13.0. The number of carbonyl (C=O) groups excluding carboxylic acids is 1.